The molecule has 2 unspecified atom stereocenters. The second kappa shape index (κ2) is 5.71. The molecule has 2 rings (SSSR count). The van der Waals surface area contributed by atoms with E-state index in [1.807, 2.05) is 36.1 Å². The van der Waals surface area contributed by atoms with E-state index in [0.717, 1.165) is 23.1 Å². The summed E-state index contributed by atoms with van der Waals surface area (Å²) in [6, 6.07) is 7.43. The van der Waals surface area contributed by atoms with Gasteiger partial charge in [-0.25, -0.2) is 0 Å². The normalized spacial score (nSPS) is 24.6. The van der Waals surface area contributed by atoms with Crippen molar-refractivity contribution in [1.82, 2.24) is 5.32 Å². The van der Waals surface area contributed by atoms with Crippen molar-refractivity contribution in [2.45, 2.75) is 25.4 Å². The van der Waals surface area contributed by atoms with Gasteiger partial charge in [-0.15, -0.1) is 0 Å². The predicted octanol–water partition coefficient (Wildman–Crippen LogP) is 1.52. The number of nitrogens with zero attached hydrogens (tertiary/aromatic N) is 1. The predicted molar refractivity (Wildman–Crippen MR) is 74.6 cm³/mol. The number of nitrogens with one attached hydrogen (secondary N) is 1. The average Bonchev–Trinajstić information content (AvgIpc) is 2.48. The molecule has 1 amide bonds. The molecule has 0 radical (unpaired) electrons. The van der Waals surface area contributed by atoms with Gasteiger partial charge in [-0.2, -0.15) is 0 Å². The van der Waals surface area contributed by atoms with Gasteiger partial charge in [0.1, 0.15) is 6.04 Å². The highest BCUT2D eigenvalue weighted by atomic mass is 79.9. The monoisotopic (exact) mass is 312 g/mol. The maximum atomic E-state index is 12.0. The number of hydrogen-bond donors (Lipinski definition) is 2. The summed E-state index contributed by atoms with van der Waals surface area (Å²) in [5, 5.41) is 12.4. The molecule has 98 valence electrons. The number of hydrogen-bond acceptors (Lipinski definition) is 3. The van der Waals surface area contributed by atoms with Gasteiger partial charge in [-0.1, -0.05) is 15.9 Å². The lowest BCUT2D eigenvalue weighted by molar-refractivity contribution is -0.123. The highest BCUT2D eigenvalue weighted by Crippen LogP contribution is 2.22. The van der Waals surface area contributed by atoms with Crippen molar-refractivity contribution in [2.75, 3.05) is 18.1 Å². The maximum Gasteiger partial charge on any atom is 0.245 e. The zero-order chi connectivity index (χ0) is 13.1. The fourth-order valence-electron chi connectivity index (χ4n) is 2.16. The fourth-order valence-corrected chi connectivity index (χ4v) is 2.43. The third kappa shape index (κ3) is 2.84. The van der Waals surface area contributed by atoms with E-state index in [1.54, 1.807) is 0 Å². The summed E-state index contributed by atoms with van der Waals surface area (Å²) in [6.07, 6.45) is 0.873. The van der Waals surface area contributed by atoms with Crippen molar-refractivity contribution in [1.29, 1.82) is 0 Å². The summed E-state index contributed by atoms with van der Waals surface area (Å²) >= 11 is 3.39. The van der Waals surface area contributed by atoms with E-state index >= 15 is 0 Å². The molecule has 0 aliphatic carbocycles. The maximum absolute atomic E-state index is 12.0. The van der Waals surface area contributed by atoms with Gasteiger partial charge in [0.25, 0.3) is 0 Å². The fraction of sp³-hybridized carbons (Fsp3) is 0.462. The van der Waals surface area contributed by atoms with E-state index < -0.39 is 6.04 Å². The van der Waals surface area contributed by atoms with Crippen LogP contribution in [-0.2, 0) is 4.79 Å². The molecule has 0 spiro atoms. The number of benzene rings is 1. The topological polar surface area (TPSA) is 52.6 Å². The van der Waals surface area contributed by atoms with Crippen LogP contribution in [0.3, 0.4) is 0 Å². The van der Waals surface area contributed by atoms with E-state index in [-0.39, 0.29) is 18.6 Å². The van der Waals surface area contributed by atoms with E-state index in [0.29, 0.717) is 0 Å². The van der Waals surface area contributed by atoms with E-state index in [4.69, 9.17) is 0 Å². The summed E-state index contributed by atoms with van der Waals surface area (Å²) in [4.78, 5) is 13.9. The number of aliphatic hydroxyl groups is 1. The molecule has 2 N–H and O–H groups in total. The van der Waals surface area contributed by atoms with Gasteiger partial charge in [0.05, 0.1) is 6.61 Å². The van der Waals surface area contributed by atoms with Crippen LogP contribution in [0, 0.1) is 0 Å². The first-order valence-corrected chi connectivity index (χ1v) is 6.84. The molecule has 1 aliphatic rings. The smallest absolute Gasteiger partial charge is 0.245 e. The van der Waals surface area contributed by atoms with Crippen LogP contribution in [0.15, 0.2) is 28.7 Å². The van der Waals surface area contributed by atoms with Crippen LogP contribution in [0.25, 0.3) is 0 Å². The van der Waals surface area contributed by atoms with Crippen molar-refractivity contribution < 1.29 is 9.90 Å². The number of rotatable bonds is 2. The Kier molecular flexibility index (Phi) is 4.24. The van der Waals surface area contributed by atoms with Crippen LogP contribution in [0.1, 0.15) is 13.3 Å². The van der Waals surface area contributed by atoms with Crippen LogP contribution < -0.4 is 10.2 Å². The Balaban J connectivity index is 2.27. The molecule has 5 heteroatoms. The van der Waals surface area contributed by atoms with E-state index in [1.165, 1.54) is 0 Å². The largest absolute Gasteiger partial charge is 0.394 e. The minimum absolute atomic E-state index is 0.106. The van der Waals surface area contributed by atoms with Gasteiger partial charge < -0.3 is 15.3 Å². The molecular formula is C13H17BrN2O2. The quantitative estimate of drug-likeness (QED) is 0.870. The molecule has 1 heterocycles. The zero-order valence-electron chi connectivity index (χ0n) is 10.3. The molecule has 0 aromatic heterocycles. The molecule has 0 saturated carbocycles. The Labute approximate surface area is 115 Å². The Morgan fingerprint density at radius 2 is 2.11 bits per heavy atom. The highest BCUT2D eigenvalue weighted by Gasteiger charge is 2.29. The third-order valence-electron chi connectivity index (χ3n) is 3.20. The number of carbonyl (C=O) groups is 1. The van der Waals surface area contributed by atoms with Crippen LogP contribution in [-0.4, -0.2) is 36.2 Å². The lowest BCUT2D eigenvalue weighted by Crippen LogP contribution is -2.47. The van der Waals surface area contributed by atoms with Crippen LogP contribution in [0.2, 0.25) is 0 Å². The van der Waals surface area contributed by atoms with E-state index in [9.17, 15) is 9.90 Å². The van der Waals surface area contributed by atoms with Gasteiger partial charge in [-0.3, -0.25) is 4.79 Å². The van der Waals surface area contributed by atoms with Crippen LogP contribution in [0.5, 0.6) is 0 Å². The highest BCUT2D eigenvalue weighted by molar-refractivity contribution is 9.10. The van der Waals surface area contributed by atoms with Crippen molar-refractivity contribution >= 4 is 27.5 Å². The molecule has 2 atom stereocenters. The summed E-state index contributed by atoms with van der Waals surface area (Å²) in [6.45, 7) is 2.57. The van der Waals surface area contributed by atoms with Crippen molar-refractivity contribution in [2.24, 2.45) is 0 Å². The minimum atomic E-state index is -0.504. The van der Waals surface area contributed by atoms with Crippen LogP contribution >= 0.6 is 15.9 Å². The molecule has 1 saturated heterocycles. The number of halogens is 1. The minimum Gasteiger partial charge on any atom is -0.394 e. The number of carbonyl (C=O) groups excluding carboxylic acids is 1. The third-order valence-corrected chi connectivity index (χ3v) is 3.73. The zero-order valence-corrected chi connectivity index (χ0v) is 11.9. The number of aliphatic hydroxyl groups excluding tert-OH is 1. The molecule has 1 aromatic carbocycles. The first-order valence-electron chi connectivity index (χ1n) is 6.05. The van der Waals surface area contributed by atoms with E-state index in [2.05, 4.69) is 21.2 Å². The van der Waals surface area contributed by atoms with Gasteiger partial charge >= 0.3 is 0 Å². The first kappa shape index (κ1) is 13.4. The standard InChI is InChI=1S/C13H17BrN2O2/c1-9-6-7-16(12(8-17)13(18)15-9)11-4-2-10(14)3-5-11/h2-5,9,12,17H,6-8H2,1H3,(H,15,18). The SMILES string of the molecule is CC1CCN(c2ccc(Br)cc2)C(CO)C(=O)N1. The van der Waals surface area contributed by atoms with Crippen molar-refractivity contribution in [3.05, 3.63) is 28.7 Å². The molecular weight excluding hydrogens is 296 g/mol. The number of anilines is 1. The summed E-state index contributed by atoms with van der Waals surface area (Å²) < 4.78 is 0.999. The second-order valence-electron chi connectivity index (χ2n) is 4.57. The first-order chi connectivity index (χ1) is 8.61. The molecule has 4 nitrogen and oxygen atoms in total. The lowest BCUT2D eigenvalue weighted by Gasteiger charge is -2.29. The van der Waals surface area contributed by atoms with Crippen molar-refractivity contribution in [3.63, 3.8) is 0 Å². The molecule has 1 aromatic rings. The molecule has 18 heavy (non-hydrogen) atoms. The van der Waals surface area contributed by atoms with Gasteiger partial charge in [0, 0.05) is 22.7 Å². The molecule has 0 bridgehead atoms. The molecule has 1 aliphatic heterocycles. The second-order valence-corrected chi connectivity index (χ2v) is 5.48. The average molecular weight is 313 g/mol. The van der Waals surface area contributed by atoms with Gasteiger partial charge in [0.2, 0.25) is 5.91 Å². The lowest BCUT2D eigenvalue weighted by atomic mass is 10.2. The number of amides is 1. The van der Waals surface area contributed by atoms with Gasteiger partial charge in [-0.05, 0) is 37.6 Å². The Morgan fingerprint density at radius 3 is 2.72 bits per heavy atom. The summed E-state index contributed by atoms with van der Waals surface area (Å²) in [7, 11) is 0. The molecule has 1 fully saturated rings. The summed E-state index contributed by atoms with van der Waals surface area (Å²) in [5.74, 6) is -0.106. The Hall–Kier alpha value is -1.07. The Morgan fingerprint density at radius 1 is 1.44 bits per heavy atom. The Bertz CT molecular complexity index is 422. The summed E-state index contributed by atoms with van der Waals surface area (Å²) in [5.41, 5.74) is 0.960. The van der Waals surface area contributed by atoms with Crippen LogP contribution in [0.4, 0.5) is 5.69 Å². The van der Waals surface area contributed by atoms with Gasteiger partial charge in [0.15, 0.2) is 0 Å². The van der Waals surface area contributed by atoms with Crippen molar-refractivity contribution in [3.8, 4) is 0 Å².